The van der Waals surface area contributed by atoms with Crippen LogP contribution in [0.15, 0.2) is 47.7 Å². The van der Waals surface area contributed by atoms with Gasteiger partial charge in [0.15, 0.2) is 0 Å². The maximum Gasteiger partial charge on any atom is 0.0661 e. The van der Waals surface area contributed by atoms with Gasteiger partial charge in [-0.1, -0.05) is 12.1 Å². The molecule has 2 rings (SSSR count). The Hall–Kier alpha value is -1.96. The summed E-state index contributed by atoms with van der Waals surface area (Å²) in [6, 6.07) is 10.2. The largest absolute Gasteiger partial charge is 0.265 e. The molecule has 0 aliphatic rings. The zero-order valence-corrected chi connectivity index (χ0v) is 9.51. The second-order valence-corrected chi connectivity index (χ2v) is 3.83. The zero-order valence-electron chi connectivity index (χ0n) is 9.51. The summed E-state index contributed by atoms with van der Waals surface area (Å²) < 4.78 is 0. The summed E-state index contributed by atoms with van der Waals surface area (Å²) in [5.74, 6) is 0. The van der Waals surface area contributed by atoms with Crippen molar-refractivity contribution >= 4 is 11.9 Å². The molecule has 2 heteroatoms. The smallest absolute Gasteiger partial charge is 0.0661 e. The highest BCUT2D eigenvalue weighted by molar-refractivity contribution is 5.82. The molecule has 0 N–H and O–H groups in total. The number of aromatic nitrogens is 1. The quantitative estimate of drug-likeness (QED) is 0.697. The van der Waals surface area contributed by atoms with Crippen LogP contribution in [0.5, 0.6) is 0 Å². The van der Waals surface area contributed by atoms with E-state index in [2.05, 4.69) is 42.0 Å². The summed E-state index contributed by atoms with van der Waals surface area (Å²) in [5, 5.41) is 0. The van der Waals surface area contributed by atoms with E-state index < -0.39 is 0 Å². The Morgan fingerprint density at radius 2 is 1.81 bits per heavy atom. The van der Waals surface area contributed by atoms with E-state index in [9.17, 15) is 0 Å². The fraction of sp³-hybridized carbons (Fsp3) is 0.143. The van der Waals surface area contributed by atoms with E-state index in [-0.39, 0.29) is 0 Å². The van der Waals surface area contributed by atoms with Crippen LogP contribution in [0.1, 0.15) is 16.7 Å². The van der Waals surface area contributed by atoms with E-state index in [0.29, 0.717) is 0 Å². The molecule has 1 heterocycles. The number of benzene rings is 1. The monoisotopic (exact) mass is 210 g/mol. The number of hydrogen-bond acceptors (Lipinski definition) is 2. The first-order chi connectivity index (χ1) is 7.75. The van der Waals surface area contributed by atoms with Crippen molar-refractivity contribution in [3.05, 3.63) is 59.4 Å². The first kappa shape index (κ1) is 10.6. The van der Waals surface area contributed by atoms with Gasteiger partial charge in [-0.15, -0.1) is 0 Å². The molecule has 2 aromatic rings. The van der Waals surface area contributed by atoms with Crippen molar-refractivity contribution in [2.24, 2.45) is 4.99 Å². The van der Waals surface area contributed by atoms with E-state index in [1.54, 1.807) is 12.4 Å². The van der Waals surface area contributed by atoms with Gasteiger partial charge in [0.05, 0.1) is 5.69 Å². The average molecular weight is 210 g/mol. The molecule has 1 aromatic carbocycles. The molecule has 80 valence electrons. The molecule has 2 nitrogen and oxygen atoms in total. The lowest BCUT2D eigenvalue weighted by Crippen LogP contribution is -1.82. The molecule has 0 spiro atoms. The van der Waals surface area contributed by atoms with Crippen LogP contribution < -0.4 is 0 Å². The van der Waals surface area contributed by atoms with Gasteiger partial charge in [-0.25, -0.2) is 0 Å². The van der Waals surface area contributed by atoms with Gasteiger partial charge in [-0.2, -0.15) is 0 Å². The van der Waals surface area contributed by atoms with Crippen LogP contribution in [0.3, 0.4) is 0 Å². The molecule has 0 saturated carbocycles. The number of pyridine rings is 1. The third-order valence-electron chi connectivity index (χ3n) is 2.42. The predicted octanol–water partition coefficient (Wildman–Crippen LogP) is 3.45. The fourth-order valence-electron chi connectivity index (χ4n) is 1.45. The Bertz CT molecular complexity index is 501. The number of aryl methyl sites for hydroxylation is 2. The standard InChI is InChI=1S/C14H14N2/c1-11-3-4-12(2)14(9-11)16-10-13-5-7-15-8-6-13/h3-10H,1-2H3. The molecule has 0 atom stereocenters. The summed E-state index contributed by atoms with van der Waals surface area (Å²) in [6.07, 6.45) is 5.40. The van der Waals surface area contributed by atoms with Crippen molar-refractivity contribution in [1.29, 1.82) is 0 Å². The molecule has 16 heavy (non-hydrogen) atoms. The normalized spacial score (nSPS) is 10.9. The highest BCUT2D eigenvalue weighted by atomic mass is 14.7. The number of nitrogens with zero attached hydrogens (tertiary/aromatic N) is 2. The minimum atomic E-state index is 1.02. The van der Waals surface area contributed by atoms with Crippen molar-refractivity contribution < 1.29 is 0 Å². The van der Waals surface area contributed by atoms with Gasteiger partial charge in [-0.3, -0.25) is 9.98 Å². The predicted molar refractivity (Wildman–Crippen MR) is 67.4 cm³/mol. The van der Waals surface area contributed by atoms with Crippen LogP contribution in [0, 0.1) is 13.8 Å². The second kappa shape index (κ2) is 4.71. The van der Waals surface area contributed by atoms with Crippen molar-refractivity contribution in [3.63, 3.8) is 0 Å². The molecule has 0 aliphatic carbocycles. The van der Waals surface area contributed by atoms with Gasteiger partial charge < -0.3 is 0 Å². The van der Waals surface area contributed by atoms with Crippen LogP contribution in [0.4, 0.5) is 5.69 Å². The zero-order chi connectivity index (χ0) is 11.4. The Labute approximate surface area is 95.7 Å². The Morgan fingerprint density at radius 3 is 2.56 bits per heavy atom. The van der Waals surface area contributed by atoms with Crippen LogP contribution >= 0.6 is 0 Å². The number of aliphatic imine (C=N–C) groups is 1. The van der Waals surface area contributed by atoms with E-state index in [0.717, 1.165) is 11.3 Å². The summed E-state index contributed by atoms with van der Waals surface area (Å²) in [5.41, 5.74) is 4.51. The van der Waals surface area contributed by atoms with Crippen molar-refractivity contribution in [2.75, 3.05) is 0 Å². The lowest BCUT2D eigenvalue weighted by molar-refractivity contribution is 1.32. The molecule has 1 aromatic heterocycles. The third kappa shape index (κ3) is 2.54. The number of hydrogen-bond donors (Lipinski definition) is 0. The maximum atomic E-state index is 4.48. The fourth-order valence-corrected chi connectivity index (χ4v) is 1.45. The topological polar surface area (TPSA) is 25.2 Å². The SMILES string of the molecule is Cc1ccc(C)c(N=Cc2ccncc2)c1. The van der Waals surface area contributed by atoms with Gasteiger partial charge >= 0.3 is 0 Å². The summed E-state index contributed by atoms with van der Waals surface area (Å²) in [6.45, 7) is 4.14. The van der Waals surface area contributed by atoms with Gasteiger partial charge in [0.1, 0.15) is 0 Å². The van der Waals surface area contributed by atoms with E-state index in [1.807, 2.05) is 18.3 Å². The molecule has 0 aliphatic heterocycles. The van der Waals surface area contributed by atoms with Gasteiger partial charge in [0.25, 0.3) is 0 Å². The minimum absolute atomic E-state index is 1.02. The Kier molecular flexibility index (Phi) is 3.10. The minimum Gasteiger partial charge on any atom is -0.265 e. The summed E-state index contributed by atoms with van der Waals surface area (Å²) >= 11 is 0. The molecule has 0 fully saturated rings. The van der Waals surface area contributed by atoms with Crippen molar-refractivity contribution in [3.8, 4) is 0 Å². The highest BCUT2D eigenvalue weighted by Crippen LogP contribution is 2.19. The Balaban J connectivity index is 2.27. The van der Waals surface area contributed by atoms with Gasteiger partial charge in [0.2, 0.25) is 0 Å². The molecular weight excluding hydrogens is 196 g/mol. The van der Waals surface area contributed by atoms with E-state index in [1.165, 1.54) is 11.1 Å². The lowest BCUT2D eigenvalue weighted by Gasteiger charge is -2.00. The van der Waals surface area contributed by atoms with E-state index in [4.69, 9.17) is 0 Å². The van der Waals surface area contributed by atoms with Crippen molar-refractivity contribution in [2.45, 2.75) is 13.8 Å². The van der Waals surface area contributed by atoms with Crippen molar-refractivity contribution in [1.82, 2.24) is 4.98 Å². The average Bonchev–Trinajstić information content (AvgIpc) is 2.32. The summed E-state index contributed by atoms with van der Waals surface area (Å²) in [7, 11) is 0. The second-order valence-electron chi connectivity index (χ2n) is 3.83. The molecule has 0 radical (unpaired) electrons. The van der Waals surface area contributed by atoms with Crippen LogP contribution in [0.25, 0.3) is 0 Å². The first-order valence-corrected chi connectivity index (χ1v) is 5.27. The summed E-state index contributed by atoms with van der Waals surface area (Å²) in [4.78, 5) is 8.45. The molecule has 0 bridgehead atoms. The molecular formula is C14H14N2. The molecule has 0 amide bonds. The van der Waals surface area contributed by atoms with Crippen LogP contribution in [0.2, 0.25) is 0 Å². The maximum absolute atomic E-state index is 4.48. The third-order valence-corrected chi connectivity index (χ3v) is 2.42. The highest BCUT2D eigenvalue weighted by Gasteiger charge is 1.95. The van der Waals surface area contributed by atoms with Crippen LogP contribution in [-0.4, -0.2) is 11.2 Å². The Morgan fingerprint density at radius 1 is 1.06 bits per heavy atom. The number of rotatable bonds is 2. The molecule has 0 unspecified atom stereocenters. The van der Waals surface area contributed by atoms with E-state index >= 15 is 0 Å². The van der Waals surface area contributed by atoms with Crippen LogP contribution in [-0.2, 0) is 0 Å². The first-order valence-electron chi connectivity index (χ1n) is 5.27. The van der Waals surface area contributed by atoms with Gasteiger partial charge in [0, 0.05) is 18.6 Å². The molecule has 0 saturated heterocycles. The van der Waals surface area contributed by atoms with Gasteiger partial charge in [-0.05, 0) is 48.7 Å². The lowest BCUT2D eigenvalue weighted by atomic mass is 10.1.